The number of aromatic hydroxyl groups is 1. The highest BCUT2D eigenvalue weighted by Gasteiger charge is 2.15. The maximum absolute atomic E-state index is 11.7. The minimum absolute atomic E-state index is 0.0425. The summed E-state index contributed by atoms with van der Waals surface area (Å²) in [5.74, 6) is -1.24. The largest absolute Gasteiger partial charge is 0.506 e. The summed E-state index contributed by atoms with van der Waals surface area (Å²) in [5, 5.41) is 12.5. The predicted molar refractivity (Wildman–Crippen MR) is 77.9 cm³/mol. The molecule has 0 amide bonds. The first-order valence-corrected chi connectivity index (χ1v) is 6.37. The van der Waals surface area contributed by atoms with Gasteiger partial charge < -0.3 is 19.9 Å². The van der Waals surface area contributed by atoms with Crippen LogP contribution in [0.4, 0.5) is 5.69 Å². The van der Waals surface area contributed by atoms with Crippen molar-refractivity contribution in [2.24, 2.45) is 0 Å². The number of carbonyl (C=O) groups is 2. The fourth-order valence-corrected chi connectivity index (χ4v) is 1.59. The lowest BCUT2D eigenvalue weighted by molar-refractivity contribution is -0.138. The molecule has 0 radical (unpaired) electrons. The van der Waals surface area contributed by atoms with Crippen LogP contribution in [0.25, 0.3) is 0 Å². The fraction of sp³-hybridized carbons (Fsp3) is 0.333. The molecule has 1 aromatic rings. The maximum Gasteiger partial charge on any atom is 0.354 e. The third kappa shape index (κ3) is 4.52. The number of benzene rings is 1. The van der Waals surface area contributed by atoms with Gasteiger partial charge in [0.25, 0.3) is 0 Å². The second-order valence-electron chi connectivity index (χ2n) is 4.63. The third-order valence-corrected chi connectivity index (χ3v) is 2.83. The van der Waals surface area contributed by atoms with Crippen LogP contribution in [0.3, 0.4) is 0 Å². The molecule has 6 nitrogen and oxygen atoms in total. The molecule has 0 unspecified atom stereocenters. The molecular weight excluding hydrogens is 274 g/mol. The van der Waals surface area contributed by atoms with Crippen molar-refractivity contribution >= 4 is 17.6 Å². The highest BCUT2D eigenvalue weighted by atomic mass is 16.5. The number of esters is 2. The van der Waals surface area contributed by atoms with Gasteiger partial charge in [0.2, 0.25) is 0 Å². The fourth-order valence-electron chi connectivity index (χ4n) is 1.59. The van der Waals surface area contributed by atoms with E-state index in [4.69, 9.17) is 0 Å². The zero-order valence-electron chi connectivity index (χ0n) is 12.5. The van der Waals surface area contributed by atoms with Gasteiger partial charge in [-0.05, 0) is 23.6 Å². The lowest BCUT2D eigenvalue weighted by atomic mass is 10.0. The van der Waals surface area contributed by atoms with E-state index >= 15 is 0 Å². The average Bonchev–Trinajstić information content (AvgIpc) is 2.47. The van der Waals surface area contributed by atoms with Gasteiger partial charge >= 0.3 is 11.9 Å². The molecule has 0 aliphatic carbocycles. The molecule has 0 atom stereocenters. The quantitative estimate of drug-likeness (QED) is 0.491. The Labute approximate surface area is 123 Å². The van der Waals surface area contributed by atoms with Crippen molar-refractivity contribution < 1.29 is 24.2 Å². The van der Waals surface area contributed by atoms with Crippen LogP contribution < -0.4 is 5.32 Å². The molecule has 0 saturated carbocycles. The van der Waals surface area contributed by atoms with Crippen molar-refractivity contribution in [2.45, 2.75) is 19.8 Å². The van der Waals surface area contributed by atoms with Gasteiger partial charge in [0, 0.05) is 0 Å². The SMILES string of the molecule is COC(=O)/C=C(/Nc1cc(C(C)C)ccc1O)C(=O)OC. The van der Waals surface area contributed by atoms with Crippen molar-refractivity contribution in [1.29, 1.82) is 0 Å². The van der Waals surface area contributed by atoms with Gasteiger partial charge in [-0.2, -0.15) is 0 Å². The van der Waals surface area contributed by atoms with Crippen molar-refractivity contribution in [2.75, 3.05) is 19.5 Å². The molecule has 0 aliphatic heterocycles. The maximum atomic E-state index is 11.7. The number of methoxy groups -OCH3 is 2. The smallest absolute Gasteiger partial charge is 0.354 e. The number of phenols is 1. The van der Waals surface area contributed by atoms with Gasteiger partial charge in [-0.15, -0.1) is 0 Å². The van der Waals surface area contributed by atoms with Gasteiger partial charge in [-0.25, -0.2) is 9.59 Å². The summed E-state index contributed by atoms with van der Waals surface area (Å²) < 4.78 is 9.07. The van der Waals surface area contributed by atoms with Gasteiger partial charge in [0.05, 0.1) is 26.0 Å². The number of rotatable bonds is 5. The summed E-state index contributed by atoms with van der Waals surface area (Å²) in [5.41, 5.74) is 1.15. The van der Waals surface area contributed by atoms with E-state index in [1.165, 1.54) is 20.3 Å². The van der Waals surface area contributed by atoms with E-state index in [9.17, 15) is 14.7 Å². The van der Waals surface area contributed by atoms with Crippen LogP contribution in [-0.4, -0.2) is 31.3 Å². The molecule has 0 spiro atoms. The van der Waals surface area contributed by atoms with Gasteiger partial charge in [0.15, 0.2) is 0 Å². The molecule has 21 heavy (non-hydrogen) atoms. The average molecular weight is 293 g/mol. The molecule has 0 saturated heterocycles. The van der Waals surface area contributed by atoms with Crippen molar-refractivity contribution in [3.05, 3.63) is 35.5 Å². The molecule has 1 aromatic carbocycles. The van der Waals surface area contributed by atoms with E-state index in [-0.39, 0.29) is 17.4 Å². The molecular formula is C15H19NO5. The van der Waals surface area contributed by atoms with Crippen LogP contribution in [0, 0.1) is 0 Å². The number of nitrogens with one attached hydrogen (secondary N) is 1. The molecule has 0 fully saturated rings. The van der Waals surface area contributed by atoms with E-state index in [1.807, 2.05) is 13.8 Å². The van der Waals surface area contributed by atoms with Crippen molar-refractivity contribution in [3.8, 4) is 5.75 Å². The van der Waals surface area contributed by atoms with Gasteiger partial charge in [-0.3, -0.25) is 0 Å². The lowest BCUT2D eigenvalue weighted by Gasteiger charge is -2.13. The second-order valence-corrected chi connectivity index (χ2v) is 4.63. The highest BCUT2D eigenvalue weighted by molar-refractivity contribution is 5.99. The van der Waals surface area contributed by atoms with E-state index in [0.29, 0.717) is 5.69 Å². The first kappa shape index (κ1) is 16.6. The van der Waals surface area contributed by atoms with Crippen molar-refractivity contribution in [3.63, 3.8) is 0 Å². The minimum Gasteiger partial charge on any atom is -0.506 e. The summed E-state index contributed by atoms with van der Waals surface area (Å²) in [6.07, 6.45) is 0.966. The standard InChI is InChI=1S/C15H19NO5/c1-9(2)10-5-6-13(17)11(7-10)16-12(15(19)21-4)8-14(18)20-3/h5-9,16-17H,1-4H3/b12-8+. The van der Waals surface area contributed by atoms with Crippen LogP contribution >= 0.6 is 0 Å². The molecule has 1 rings (SSSR count). The van der Waals surface area contributed by atoms with Gasteiger partial charge in [-0.1, -0.05) is 19.9 Å². The number of hydrogen-bond donors (Lipinski definition) is 2. The zero-order valence-corrected chi connectivity index (χ0v) is 12.5. The molecule has 2 N–H and O–H groups in total. The Morgan fingerprint density at radius 2 is 1.90 bits per heavy atom. The number of anilines is 1. The van der Waals surface area contributed by atoms with Crippen LogP contribution in [0.15, 0.2) is 30.0 Å². The summed E-state index contributed by atoms with van der Waals surface area (Å²) in [6.45, 7) is 4.00. The zero-order chi connectivity index (χ0) is 16.0. The van der Waals surface area contributed by atoms with Crippen molar-refractivity contribution in [1.82, 2.24) is 0 Å². The summed E-state index contributed by atoms with van der Waals surface area (Å²) in [7, 11) is 2.39. The topological polar surface area (TPSA) is 84.9 Å². The van der Waals surface area contributed by atoms with E-state index in [1.54, 1.807) is 12.1 Å². The third-order valence-electron chi connectivity index (χ3n) is 2.83. The molecule has 0 bridgehead atoms. The van der Waals surface area contributed by atoms with E-state index in [2.05, 4.69) is 14.8 Å². The second kappa shape index (κ2) is 7.33. The number of phenolic OH excluding ortho intramolecular Hbond substituents is 1. The normalized spacial score (nSPS) is 11.2. The molecule has 6 heteroatoms. The van der Waals surface area contributed by atoms with Crippen LogP contribution in [0.5, 0.6) is 5.75 Å². The number of carbonyl (C=O) groups excluding carboxylic acids is 2. The molecule has 114 valence electrons. The summed E-state index contributed by atoms with van der Waals surface area (Å²) in [6, 6.07) is 5.01. The highest BCUT2D eigenvalue weighted by Crippen LogP contribution is 2.28. The van der Waals surface area contributed by atoms with Crippen LogP contribution in [-0.2, 0) is 19.1 Å². The first-order valence-electron chi connectivity index (χ1n) is 6.37. The first-order chi connectivity index (χ1) is 9.88. The Morgan fingerprint density at radius 3 is 2.43 bits per heavy atom. The molecule has 0 heterocycles. The number of hydrogen-bond acceptors (Lipinski definition) is 6. The van der Waals surface area contributed by atoms with E-state index < -0.39 is 11.9 Å². The Balaban J connectivity index is 3.14. The Hall–Kier alpha value is -2.50. The van der Waals surface area contributed by atoms with Crippen LogP contribution in [0.2, 0.25) is 0 Å². The van der Waals surface area contributed by atoms with Gasteiger partial charge in [0.1, 0.15) is 11.4 Å². The Kier molecular flexibility index (Phi) is 5.78. The summed E-state index contributed by atoms with van der Waals surface area (Å²) >= 11 is 0. The Bertz CT molecular complexity index is 563. The van der Waals surface area contributed by atoms with Crippen LogP contribution in [0.1, 0.15) is 25.3 Å². The minimum atomic E-state index is -0.741. The monoisotopic (exact) mass is 293 g/mol. The summed E-state index contributed by atoms with van der Waals surface area (Å²) in [4.78, 5) is 22.9. The predicted octanol–water partition coefficient (Wildman–Crippen LogP) is 2.16. The number of ether oxygens (including phenoxy) is 2. The Morgan fingerprint density at radius 1 is 1.24 bits per heavy atom. The molecule has 0 aliphatic rings. The molecule has 0 aromatic heterocycles. The van der Waals surface area contributed by atoms with E-state index in [0.717, 1.165) is 11.6 Å². The lowest BCUT2D eigenvalue weighted by Crippen LogP contribution is -2.15.